The van der Waals surface area contributed by atoms with Gasteiger partial charge in [-0.25, -0.2) is 4.68 Å². The number of hydrogen-bond donors (Lipinski definition) is 1. The van der Waals surface area contributed by atoms with Gasteiger partial charge in [0.05, 0.1) is 17.8 Å². The molecule has 1 N–H and O–H groups in total. The maximum atomic E-state index is 12.9. The number of aromatic amines is 1. The molecule has 1 aromatic carbocycles. The van der Waals surface area contributed by atoms with E-state index in [4.69, 9.17) is 0 Å². The molecule has 2 aliphatic rings. The fourth-order valence-corrected chi connectivity index (χ4v) is 5.05. The number of fused-ring (bicyclic) bond motifs is 2. The summed E-state index contributed by atoms with van der Waals surface area (Å²) >= 11 is 1.86. The van der Waals surface area contributed by atoms with Crippen molar-refractivity contribution in [2.75, 3.05) is 38.5 Å². The van der Waals surface area contributed by atoms with Crippen LogP contribution in [0.2, 0.25) is 0 Å². The third-order valence-electron chi connectivity index (χ3n) is 5.87. The number of carbonyl (C=O) groups excluding carboxylic acids is 1. The molecule has 0 atom stereocenters. The van der Waals surface area contributed by atoms with Crippen molar-refractivity contribution in [3.63, 3.8) is 0 Å². The Morgan fingerprint density at radius 1 is 1.13 bits per heavy atom. The van der Waals surface area contributed by atoms with Gasteiger partial charge in [-0.2, -0.15) is 22.0 Å². The van der Waals surface area contributed by atoms with E-state index in [0.717, 1.165) is 59.7 Å². The summed E-state index contributed by atoms with van der Waals surface area (Å²) in [4.78, 5) is 29.4. The number of nitrogens with zero attached hydrogens (tertiary/aromatic N) is 5. The Morgan fingerprint density at radius 3 is 2.83 bits per heavy atom. The van der Waals surface area contributed by atoms with Crippen LogP contribution in [-0.2, 0) is 18.7 Å². The van der Waals surface area contributed by atoms with Crippen LogP contribution in [0.1, 0.15) is 21.7 Å². The number of benzene rings is 1. The second kappa shape index (κ2) is 8.23. The molecule has 30 heavy (non-hydrogen) atoms. The summed E-state index contributed by atoms with van der Waals surface area (Å²) in [6.45, 7) is 4.22. The molecule has 0 spiro atoms. The molecule has 0 saturated carbocycles. The Balaban J connectivity index is 1.19. The topological polar surface area (TPSA) is 87.1 Å². The van der Waals surface area contributed by atoms with Crippen molar-refractivity contribution < 1.29 is 4.79 Å². The molecule has 0 bridgehead atoms. The van der Waals surface area contributed by atoms with Gasteiger partial charge in [-0.05, 0) is 17.4 Å². The minimum atomic E-state index is -0.0301. The first-order chi connectivity index (χ1) is 14.7. The summed E-state index contributed by atoms with van der Waals surface area (Å²) < 4.78 is 1.60. The quantitative estimate of drug-likeness (QED) is 0.681. The molecule has 2 aromatic heterocycles. The maximum Gasteiger partial charge on any atom is 0.275 e. The molecular formula is C21H24N6O2S. The first-order valence-corrected chi connectivity index (χ1v) is 11.5. The summed E-state index contributed by atoms with van der Waals surface area (Å²) in [5, 5.41) is 12.6. The molecule has 5 rings (SSSR count). The average Bonchev–Trinajstić information content (AvgIpc) is 3.22. The molecule has 156 valence electrons. The van der Waals surface area contributed by atoms with E-state index in [1.54, 1.807) is 10.7 Å². The van der Waals surface area contributed by atoms with E-state index in [9.17, 15) is 9.59 Å². The van der Waals surface area contributed by atoms with Crippen molar-refractivity contribution in [3.8, 4) is 0 Å². The van der Waals surface area contributed by atoms with Gasteiger partial charge in [-0.3, -0.25) is 19.6 Å². The molecule has 0 aliphatic carbocycles. The number of carbonyl (C=O) groups is 1. The van der Waals surface area contributed by atoms with Gasteiger partial charge in [-0.15, -0.1) is 0 Å². The van der Waals surface area contributed by atoms with Gasteiger partial charge in [0.2, 0.25) is 0 Å². The van der Waals surface area contributed by atoms with E-state index in [2.05, 4.69) is 20.2 Å². The molecule has 0 radical (unpaired) electrons. The molecule has 1 saturated heterocycles. The highest BCUT2D eigenvalue weighted by atomic mass is 32.2. The molecule has 0 unspecified atom stereocenters. The second-order valence-corrected chi connectivity index (χ2v) is 8.84. The van der Waals surface area contributed by atoms with E-state index in [-0.39, 0.29) is 11.5 Å². The van der Waals surface area contributed by atoms with Crippen molar-refractivity contribution in [1.29, 1.82) is 0 Å². The third-order valence-corrected chi connectivity index (χ3v) is 6.87. The highest BCUT2D eigenvalue weighted by molar-refractivity contribution is 7.98. The van der Waals surface area contributed by atoms with Gasteiger partial charge < -0.3 is 4.90 Å². The summed E-state index contributed by atoms with van der Waals surface area (Å²) in [7, 11) is 0. The van der Waals surface area contributed by atoms with Crippen LogP contribution in [0, 0.1) is 0 Å². The first kappa shape index (κ1) is 19.3. The Kier molecular flexibility index (Phi) is 5.30. The average molecular weight is 425 g/mol. The lowest BCUT2D eigenvalue weighted by Crippen LogP contribution is -2.49. The van der Waals surface area contributed by atoms with Crippen molar-refractivity contribution in [2.45, 2.75) is 18.7 Å². The molecule has 3 aromatic rings. The number of aryl methyl sites for hydroxylation is 1. The first-order valence-electron chi connectivity index (χ1n) is 10.3. The van der Waals surface area contributed by atoms with Crippen LogP contribution >= 0.6 is 11.8 Å². The normalized spacial score (nSPS) is 17.3. The number of thioether (sulfide) groups is 1. The number of para-hydroxylation sites is 1. The number of H-pyrrole nitrogens is 1. The number of piperazine rings is 1. The Morgan fingerprint density at radius 2 is 1.97 bits per heavy atom. The van der Waals surface area contributed by atoms with E-state index in [1.807, 2.05) is 40.9 Å². The molecule has 2 aliphatic heterocycles. The van der Waals surface area contributed by atoms with Crippen LogP contribution in [-0.4, -0.2) is 74.2 Å². The van der Waals surface area contributed by atoms with Crippen molar-refractivity contribution in [2.24, 2.45) is 0 Å². The van der Waals surface area contributed by atoms with Crippen LogP contribution in [0.5, 0.6) is 0 Å². The maximum absolute atomic E-state index is 12.9. The summed E-state index contributed by atoms with van der Waals surface area (Å²) in [5.41, 5.74) is 3.50. The predicted octanol–water partition coefficient (Wildman–Crippen LogP) is 1.37. The van der Waals surface area contributed by atoms with Crippen molar-refractivity contribution >= 4 is 28.6 Å². The van der Waals surface area contributed by atoms with Crippen molar-refractivity contribution in [3.05, 3.63) is 57.6 Å². The zero-order chi connectivity index (χ0) is 20.5. The fourth-order valence-electron chi connectivity index (χ4n) is 4.10. The zero-order valence-electron chi connectivity index (χ0n) is 16.7. The number of amides is 1. The van der Waals surface area contributed by atoms with Crippen LogP contribution in [0.4, 0.5) is 0 Å². The number of rotatable bonds is 4. The fraction of sp³-hybridized carbons (Fsp3) is 0.429. The minimum absolute atomic E-state index is 0.0181. The van der Waals surface area contributed by atoms with Crippen LogP contribution < -0.4 is 5.56 Å². The monoisotopic (exact) mass is 424 g/mol. The Hall–Kier alpha value is -2.65. The lowest BCUT2D eigenvalue weighted by molar-refractivity contribution is 0.0627. The van der Waals surface area contributed by atoms with Gasteiger partial charge >= 0.3 is 0 Å². The van der Waals surface area contributed by atoms with Gasteiger partial charge in [0, 0.05) is 56.4 Å². The number of aromatic nitrogens is 4. The minimum Gasteiger partial charge on any atom is -0.335 e. The standard InChI is InChI=1S/C21H24N6O2S/c28-19-13-15-14-30-12-5-17(15)24-27(19)11-8-25-6-9-26(10-7-25)21(29)20-16-3-1-2-4-18(16)22-23-20/h1-4,13H,5-12,14H2,(H,22,23). The van der Waals surface area contributed by atoms with Gasteiger partial charge in [-0.1, -0.05) is 18.2 Å². The Labute approximate surface area is 178 Å². The number of nitrogens with one attached hydrogen (secondary N) is 1. The van der Waals surface area contributed by atoms with Crippen molar-refractivity contribution in [1.82, 2.24) is 29.8 Å². The smallest absolute Gasteiger partial charge is 0.275 e. The van der Waals surface area contributed by atoms with E-state index in [0.29, 0.717) is 25.3 Å². The molecule has 4 heterocycles. The lowest BCUT2D eigenvalue weighted by atomic mass is 10.2. The SMILES string of the molecule is O=C(c1n[nH]c2ccccc12)N1CCN(CCn2nc3c(cc2=O)CSCC3)CC1. The highest BCUT2D eigenvalue weighted by Gasteiger charge is 2.25. The van der Waals surface area contributed by atoms with Crippen LogP contribution in [0.15, 0.2) is 35.1 Å². The second-order valence-electron chi connectivity index (χ2n) is 7.73. The lowest BCUT2D eigenvalue weighted by Gasteiger charge is -2.34. The largest absolute Gasteiger partial charge is 0.335 e. The molecule has 1 fully saturated rings. The zero-order valence-corrected chi connectivity index (χ0v) is 17.5. The summed E-state index contributed by atoms with van der Waals surface area (Å²) in [6.07, 6.45) is 0.933. The summed E-state index contributed by atoms with van der Waals surface area (Å²) in [6, 6.07) is 9.44. The highest BCUT2D eigenvalue weighted by Crippen LogP contribution is 2.21. The van der Waals surface area contributed by atoms with Gasteiger partial charge in [0.25, 0.3) is 11.5 Å². The van der Waals surface area contributed by atoms with E-state index >= 15 is 0 Å². The van der Waals surface area contributed by atoms with E-state index in [1.165, 1.54) is 0 Å². The molecular weight excluding hydrogens is 400 g/mol. The molecule has 1 amide bonds. The molecule has 9 heteroatoms. The Bertz CT molecular complexity index is 1130. The molecule has 8 nitrogen and oxygen atoms in total. The van der Waals surface area contributed by atoms with Crippen LogP contribution in [0.25, 0.3) is 10.9 Å². The summed E-state index contributed by atoms with van der Waals surface area (Å²) in [5.74, 6) is 1.93. The van der Waals surface area contributed by atoms with Gasteiger partial charge in [0.15, 0.2) is 5.69 Å². The predicted molar refractivity (Wildman–Crippen MR) is 117 cm³/mol. The van der Waals surface area contributed by atoms with E-state index < -0.39 is 0 Å². The van der Waals surface area contributed by atoms with Gasteiger partial charge in [0.1, 0.15) is 0 Å². The number of hydrogen-bond acceptors (Lipinski definition) is 6. The van der Waals surface area contributed by atoms with Crippen LogP contribution in [0.3, 0.4) is 0 Å². The third kappa shape index (κ3) is 3.75.